The van der Waals surface area contributed by atoms with Crippen LogP contribution in [0.25, 0.3) is 0 Å². The van der Waals surface area contributed by atoms with Crippen LogP contribution in [0, 0.1) is 5.92 Å². The average molecular weight is 574 g/mol. The molecule has 1 unspecified atom stereocenters. The number of hydrazine groups is 1. The normalized spacial score (nSPS) is 13.6. The topological polar surface area (TPSA) is 95.6 Å². The maximum absolute atomic E-state index is 12.4. The zero-order valence-corrected chi connectivity index (χ0v) is 23.4. The van der Waals surface area contributed by atoms with Gasteiger partial charge in [0.1, 0.15) is 0 Å². The highest BCUT2D eigenvalue weighted by Gasteiger charge is 2.34. The van der Waals surface area contributed by atoms with E-state index in [4.69, 9.17) is 24.3 Å². The molecule has 10 heteroatoms. The second-order valence-electron chi connectivity index (χ2n) is 10.0. The highest BCUT2D eigenvalue weighted by Crippen LogP contribution is 2.26. The number of amides is 2. The lowest BCUT2D eigenvalue weighted by Gasteiger charge is -2.32. The molecular formula is C22H43IN2O7. The molecule has 9 nitrogen and oxygen atoms in total. The van der Waals surface area contributed by atoms with E-state index < -0.39 is 29.0 Å². The molecule has 0 fully saturated rings. The molecule has 0 bridgehead atoms. The van der Waals surface area contributed by atoms with Gasteiger partial charge in [-0.15, -0.1) is 0 Å². The molecule has 0 saturated heterocycles. The summed E-state index contributed by atoms with van der Waals surface area (Å²) in [5, 5.41) is 0. The Morgan fingerprint density at radius 2 is 1.47 bits per heavy atom. The quantitative estimate of drug-likeness (QED) is 0.0946. The lowest BCUT2D eigenvalue weighted by molar-refractivity contribution is -0.537. The van der Waals surface area contributed by atoms with Crippen molar-refractivity contribution in [2.75, 3.05) is 6.61 Å². The molecule has 32 heavy (non-hydrogen) atoms. The van der Waals surface area contributed by atoms with Crippen LogP contribution >= 0.6 is 22.9 Å². The second-order valence-corrected chi connectivity index (χ2v) is 11.0. The molecule has 0 aliphatic carbocycles. The van der Waals surface area contributed by atoms with Gasteiger partial charge in [-0.25, -0.2) is 14.6 Å². The first-order valence-electron chi connectivity index (χ1n) is 11.3. The number of carbonyl (C=O) groups is 2. The fraction of sp³-hybridized carbons (Fsp3) is 0.909. The summed E-state index contributed by atoms with van der Waals surface area (Å²) in [7, 11) is 0. The lowest BCUT2D eigenvalue weighted by atomic mass is 10.0. The van der Waals surface area contributed by atoms with Crippen LogP contribution in [0.15, 0.2) is 0 Å². The van der Waals surface area contributed by atoms with E-state index in [0.717, 1.165) is 28.9 Å². The van der Waals surface area contributed by atoms with Crippen molar-refractivity contribution in [1.29, 1.82) is 0 Å². The molecule has 0 aromatic carbocycles. The van der Waals surface area contributed by atoms with Crippen LogP contribution in [0.1, 0.15) is 101 Å². The van der Waals surface area contributed by atoms with Gasteiger partial charge in [-0.3, -0.25) is 10.2 Å². The number of ether oxygens (including phenoxy) is 1. The highest BCUT2D eigenvalue weighted by molar-refractivity contribution is 14.1. The van der Waals surface area contributed by atoms with Gasteiger partial charge in [-0.05, 0) is 60.8 Å². The lowest BCUT2D eigenvalue weighted by Crippen LogP contribution is -2.42. The molecule has 1 atom stereocenters. The van der Waals surface area contributed by atoms with Crippen LogP contribution in [0.2, 0.25) is 0 Å². The van der Waals surface area contributed by atoms with E-state index >= 15 is 0 Å². The summed E-state index contributed by atoms with van der Waals surface area (Å²) < 4.78 is 6.34. The van der Waals surface area contributed by atoms with Crippen molar-refractivity contribution in [2.45, 2.75) is 118 Å². The third-order valence-electron chi connectivity index (χ3n) is 4.11. The fourth-order valence-electron chi connectivity index (χ4n) is 2.22. The number of nitrogens with one attached hydrogen (secondary N) is 1. The Morgan fingerprint density at radius 1 is 0.938 bits per heavy atom. The molecule has 0 aromatic heterocycles. The zero-order chi connectivity index (χ0) is 25.0. The minimum absolute atomic E-state index is 0.00161. The van der Waals surface area contributed by atoms with Crippen LogP contribution in [-0.2, 0) is 29.1 Å². The van der Waals surface area contributed by atoms with Crippen molar-refractivity contribution in [2.24, 2.45) is 5.92 Å². The van der Waals surface area contributed by atoms with Crippen LogP contribution in [0.4, 0.5) is 4.79 Å². The summed E-state index contributed by atoms with van der Waals surface area (Å²) in [6, 6.07) is 0. The van der Waals surface area contributed by atoms with Gasteiger partial charge >= 0.3 is 6.09 Å². The Kier molecular flexibility index (Phi) is 14.2. The predicted octanol–water partition coefficient (Wildman–Crippen LogP) is 6.01. The second kappa shape index (κ2) is 14.5. The molecule has 0 saturated carbocycles. The third-order valence-corrected chi connectivity index (χ3v) is 4.75. The largest absolute Gasteiger partial charge is 0.447 e. The molecule has 0 spiro atoms. The number of halogens is 1. The van der Waals surface area contributed by atoms with Crippen molar-refractivity contribution in [3.8, 4) is 0 Å². The molecule has 0 heterocycles. The van der Waals surface area contributed by atoms with Crippen molar-refractivity contribution >= 4 is 34.9 Å². The van der Waals surface area contributed by atoms with E-state index in [1.807, 2.05) is 41.5 Å². The van der Waals surface area contributed by atoms with Gasteiger partial charge in [-0.2, -0.15) is 13.0 Å². The van der Waals surface area contributed by atoms with Crippen LogP contribution in [-0.4, -0.2) is 38.8 Å². The van der Waals surface area contributed by atoms with Crippen LogP contribution in [0.5, 0.6) is 0 Å². The fourth-order valence-corrected chi connectivity index (χ4v) is 2.63. The van der Waals surface area contributed by atoms with E-state index in [1.54, 1.807) is 29.8 Å². The van der Waals surface area contributed by atoms with Gasteiger partial charge < -0.3 is 4.74 Å². The monoisotopic (exact) mass is 574 g/mol. The van der Waals surface area contributed by atoms with Crippen molar-refractivity contribution in [3.63, 3.8) is 0 Å². The molecular weight excluding hydrogens is 531 g/mol. The first kappa shape index (κ1) is 31.3. The first-order valence-corrected chi connectivity index (χ1v) is 12.2. The number of rotatable bonds is 13. The minimum Gasteiger partial charge on any atom is -0.447 e. The summed E-state index contributed by atoms with van der Waals surface area (Å²) in [5.41, 5.74) is 1.34. The van der Waals surface area contributed by atoms with E-state index in [2.05, 4.69) is 19.3 Å². The molecule has 0 aliphatic heterocycles. The average Bonchev–Trinajstić information content (AvgIpc) is 2.68. The molecule has 1 N–H and O–H groups in total. The number of hydrogen-bond acceptors (Lipinski definition) is 7. The molecule has 0 aromatic rings. The van der Waals surface area contributed by atoms with Gasteiger partial charge in [0.15, 0.2) is 0 Å². The number of hydrogen-bond donors (Lipinski definition) is 1. The summed E-state index contributed by atoms with van der Waals surface area (Å²) >= 11 is 1.70. The predicted molar refractivity (Wildman–Crippen MR) is 130 cm³/mol. The molecule has 0 aliphatic rings. The maximum atomic E-state index is 12.4. The van der Waals surface area contributed by atoms with E-state index in [1.165, 1.54) is 0 Å². The first-order chi connectivity index (χ1) is 14.6. The Labute approximate surface area is 207 Å². The number of unbranched alkanes of at least 4 members (excludes halogenated alkanes) is 1. The van der Waals surface area contributed by atoms with Gasteiger partial charge in [-0.1, -0.05) is 33.1 Å². The van der Waals surface area contributed by atoms with Gasteiger partial charge in [0, 0.05) is 12.8 Å². The number of carbonyl (C=O) groups excluding carboxylic acids is 2. The number of nitrogens with zero attached hydrogens (tertiary/aromatic N) is 1. The molecule has 0 radical (unpaired) electrons. The molecule has 0 rings (SSSR count). The van der Waals surface area contributed by atoms with Crippen molar-refractivity contribution in [1.82, 2.24) is 8.65 Å². The van der Waals surface area contributed by atoms with E-state index in [9.17, 15) is 9.59 Å². The summed E-state index contributed by atoms with van der Waals surface area (Å²) in [4.78, 5) is 46.3. The van der Waals surface area contributed by atoms with Gasteiger partial charge in [0.2, 0.25) is 11.7 Å². The summed E-state index contributed by atoms with van der Waals surface area (Å²) in [5.74, 6) is -1.42. The Morgan fingerprint density at radius 3 is 1.91 bits per heavy atom. The van der Waals surface area contributed by atoms with Crippen molar-refractivity contribution in [3.05, 3.63) is 0 Å². The van der Waals surface area contributed by atoms with Gasteiger partial charge in [0.05, 0.1) is 40.7 Å². The van der Waals surface area contributed by atoms with Crippen LogP contribution < -0.4 is 5.43 Å². The highest BCUT2D eigenvalue weighted by atomic mass is 127. The van der Waals surface area contributed by atoms with Gasteiger partial charge in [0.25, 0.3) is 0 Å². The smallest absolute Gasteiger partial charge is 0.438 e. The van der Waals surface area contributed by atoms with E-state index in [0.29, 0.717) is 12.5 Å². The Balaban J connectivity index is 4.70. The standard InChI is InChI=1S/C22H43IN2O7/c1-10-12-13-17(11-2)16-28-19(27)25(23)24-18(26)14-15-22(9,31-29-20(3,4)5)32-30-21(6,7)8/h17H,10-16H2,1-9H3,(H,24,26). The van der Waals surface area contributed by atoms with Crippen molar-refractivity contribution < 1.29 is 33.9 Å². The minimum atomic E-state index is -1.33. The maximum Gasteiger partial charge on any atom is 0.438 e. The Hall–Kier alpha value is -0.690. The molecule has 2 amide bonds. The summed E-state index contributed by atoms with van der Waals surface area (Å²) in [6.07, 6.45) is 3.66. The summed E-state index contributed by atoms with van der Waals surface area (Å²) in [6.45, 7) is 17.1. The molecule has 190 valence electrons. The Bertz CT molecular complexity index is 543. The van der Waals surface area contributed by atoms with Crippen LogP contribution in [0.3, 0.4) is 0 Å². The third kappa shape index (κ3) is 16.0. The SMILES string of the molecule is CCCCC(CC)COC(=O)N(I)NC(=O)CCC(C)(OOC(C)(C)C)OOC(C)(C)C. The zero-order valence-electron chi connectivity index (χ0n) is 21.2. The van der Waals surface area contributed by atoms with E-state index in [-0.39, 0.29) is 12.8 Å².